The smallest absolute Gasteiger partial charge is 0.261 e. The zero-order chi connectivity index (χ0) is 49.2. The van der Waals surface area contributed by atoms with Gasteiger partial charge in [0, 0.05) is 54.0 Å². The Morgan fingerprint density at radius 1 is 0.357 bits per heavy atom. The van der Waals surface area contributed by atoms with Gasteiger partial charge in [0.05, 0.1) is 33.1 Å². The van der Waals surface area contributed by atoms with Gasteiger partial charge >= 0.3 is 0 Å². The van der Waals surface area contributed by atoms with E-state index in [1.54, 1.807) is 0 Å². The van der Waals surface area contributed by atoms with Crippen LogP contribution in [-0.4, -0.2) is 15.5 Å². The van der Waals surface area contributed by atoms with Crippen molar-refractivity contribution < 1.29 is 9.47 Å². The molecule has 0 bridgehead atoms. The topological polar surface area (TPSA) is 27.3 Å². The highest BCUT2D eigenvalue weighted by atomic mass is 16.5. The summed E-state index contributed by atoms with van der Waals surface area (Å²) in [4.78, 5) is 0. The molecule has 4 nitrogen and oxygen atoms in total. The quantitative estimate of drug-likeness (QED) is 0.142. The third-order valence-corrected chi connectivity index (χ3v) is 17.4. The highest BCUT2D eigenvalue weighted by Gasteiger charge is 2.52. The van der Waals surface area contributed by atoms with E-state index in [1.807, 2.05) is 0 Å². The lowest BCUT2D eigenvalue weighted by Crippen LogP contribution is -2.64. The van der Waals surface area contributed by atoms with Gasteiger partial charge < -0.3 is 18.3 Å². The Morgan fingerprint density at radius 2 is 0.671 bits per heavy atom. The monoisotopic (exact) mass is 917 g/mol. The standard InChI is InChI=1S/C65H65BN2O2/c1-60(2,3)32-18-20-47-37(22-32)39-24-34(62(7,8)9)26-41-43-30-45-51-58(56(43)67(47)54(39)41)69-49-28-36(64(13,14)15)29-50-53(49)66(51)52-46(65(45,16)17)31-44-42-27-35(63(10,11)12)25-40-38-23-33(61(4,5)6)19-21-48(38)68(55(40)42)57(44)59(52)70-50/h18-31H,1-17H3. The van der Waals surface area contributed by atoms with E-state index in [4.69, 9.17) is 9.47 Å². The molecule has 0 aliphatic carbocycles. The second-order valence-corrected chi connectivity index (χ2v) is 27.5. The average molecular weight is 917 g/mol. The van der Waals surface area contributed by atoms with E-state index < -0.39 is 5.41 Å². The zero-order valence-electron chi connectivity index (χ0n) is 44.4. The molecule has 0 saturated carbocycles. The van der Waals surface area contributed by atoms with Crippen molar-refractivity contribution in [3.8, 4) is 23.0 Å². The molecule has 11 aromatic rings. The number of hydrogen-bond donors (Lipinski definition) is 0. The van der Waals surface area contributed by atoms with Crippen molar-refractivity contribution in [2.45, 2.75) is 150 Å². The van der Waals surface area contributed by atoms with Crippen molar-refractivity contribution in [2.75, 3.05) is 0 Å². The summed E-state index contributed by atoms with van der Waals surface area (Å²) in [6.07, 6.45) is 0. The number of hydrogen-bond acceptors (Lipinski definition) is 2. The fourth-order valence-electron chi connectivity index (χ4n) is 13.2. The Kier molecular flexibility index (Phi) is 7.59. The van der Waals surface area contributed by atoms with Crippen LogP contribution < -0.4 is 25.9 Å². The van der Waals surface area contributed by atoms with Crippen LogP contribution in [0, 0.1) is 0 Å². The molecule has 0 N–H and O–H groups in total. The molecule has 7 heterocycles. The van der Waals surface area contributed by atoms with E-state index >= 15 is 0 Å². The number of ether oxygens (including phenoxy) is 2. The maximum atomic E-state index is 7.69. The number of rotatable bonds is 0. The first-order chi connectivity index (χ1) is 32.6. The van der Waals surface area contributed by atoms with Gasteiger partial charge in [-0.25, -0.2) is 0 Å². The maximum Gasteiger partial charge on any atom is 0.261 e. The molecule has 0 unspecified atom stereocenters. The van der Waals surface area contributed by atoms with E-state index in [2.05, 4.69) is 211 Å². The van der Waals surface area contributed by atoms with Crippen LogP contribution in [-0.2, 0) is 32.5 Å². The Bertz CT molecular complexity index is 3950. The Hall–Kier alpha value is -6.20. The second-order valence-electron chi connectivity index (χ2n) is 27.5. The molecule has 0 spiro atoms. The Labute approximate surface area is 412 Å². The minimum absolute atomic E-state index is 0.0136. The van der Waals surface area contributed by atoms with Gasteiger partial charge in [-0.15, -0.1) is 0 Å². The summed E-state index contributed by atoms with van der Waals surface area (Å²) in [6, 6.07) is 34.2. The Balaban J connectivity index is 1.18. The highest BCUT2D eigenvalue weighted by Crippen LogP contribution is 2.54. The van der Waals surface area contributed by atoms with Gasteiger partial charge in [-0.2, -0.15) is 0 Å². The molecule has 0 radical (unpaired) electrons. The van der Waals surface area contributed by atoms with Crippen LogP contribution in [0.2, 0.25) is 0 Å². The van der Waals surface area contributed by atoms with Crippen LogP contribution in [0.25, 0.3) is 76.2 Å². The summed E-state index contributed by atoms with van der Waals surface area (Å²) in [5.41, 5.74) is 19.7. The molecule has 4 aromatic heterocycles. The van der Waals surface area contributed by atoms with Gasteiger partial charge in [-0.1, -0.05) is 130 Å². The first-order valence-corrected chi connectivity index (χ1v) is 25.9. The van der Waals surface area contributed by atoms with Crippen molar-refractivity contribution in [3.05, 3.63) is 124 Å². The third kappa shape index (κ3) is 5.19. The van der Waals surface area contributed by atoms with E-state index in [1.165, 1.54) is 126 Å². The van der Waals surface area contributed by atoms with Crippen molar-refractivity contribution in [1.82, 2.24) is 8.80 Å². The molecule has 3 aliphatic rings. The molecular weight excluding hydrogens is 852 g/mol. The molecule has 0 amide bonds. The molecule has 350 valence electrons. The molecule has 0 atom stereocenters. The molecule has 70 heavy (non-hydrogen) atoms. The van der Waals surface area contributed by atoms with E-state index in [-0.39, 0.29) is 33.8 Å². The predicted molar refractivity (Wildman–Crippen MR) is 299 cm³/mol. The molecule has 5 heteroatoms. The van der Waals surface area contributed by atoms with Crippen molar-refractivity contribution in [3.63, 3.8) is 0 Å². The van der Waals surface area contributed by atoms with Gasteiger partial charge in [0.25, 0.3) is 6.71 Å². The van der Waals surface area contributed by atoms with E-state index in [0.29, 0.717) is 0 Å². The van der Waals surface area contributed by atoms with Crippen LogP contribution in [0.1, 0.15) is 157 Å². The van der Waals surface area contributed by atoms with Gasteiger partial charge in [-0.3, -0.25) is 0 Å². The van der Waals surface area contributed by atoms with Crippen LogP contribution in [0.5, 0.6) is 23.0 Å². The van der Waals surface area contributed by atoms with Crippen molar-refractivity contribution in [1.29, 1.82) is 0 Å². The minimum atomic E-state index is -0.398. The predicted octanol–water partition coefficient (Wildman–Crippen LogP) is 15.8. The van der Waals surface area contributed by atoms with Crippen molar-refractivity contribution >= 4 is 99.3 Å². The average Bonchev–Trinajstić information content (AvgIpc) is 3.99. The summed E-state index contributed by atoms with van der Waals surface area (Å²) < 4.78 is 20.5. The van der Waals surface area contributed by atoms with Crippen LogP contribution in [0.15, 0.2) is 84.9 Å². The number of benzene rings is 7. The molecule has 7 aromatic carbocycles. The SMILES string of the molecule is CC(C)(C)c1cc2c3c(c1)Oc1c4c(cc5c6cc(C(C)(C)C)cc7c8cc(C(C)(C)C)ccc8n(c15)c76)C(C)(C)c1cc5c6cc(C(C)(C)C)cc7c8cc(C(C)(C)C)ccc8n(c5c(c1B34)O2)c76. The van der Waals surface area contributed by atoms with Crippen molar-refractivity contribution in [2.24, 2.45) is 0 Å². The summed E-state index contributed by atoms with van der Waals surface area (Å²) in [5, 5.41) is 10.4. The molecule has 0 saturated heterocycles. The summed E-state index contributed by atoms with van der Waals surface area (Å²) in [6.45, 7) is 39.8. The summed E-state index contributed by atoms with van der Waals surface area (Å²) >= 11 is 0. The molecule has 14 rings (SSSR count). The lowest BCUT2D eigenvalue weighted by Gasteiger charge is -2.45. The zero-order valence-corrected chi connectivity index (χ0v) is 44.4. The highest BCUT2D eigenvalue weighted by molar-refractivity contribution is 6.99. The molecule has 0 fully saturated rings. The fourth-order valence-corrected chi connectivity index (χ4v) is 13.2. The fraction of sp³-hybridized carbons (Fsp3) is 0.354. The summed E-state index contributed by atoms with van der Waals surface area (Å²) in [7, 11) is 0. The first-order valence-electron chi connectivity index (χ1n) is 25.9. The van der Waals surface area contributed by atoms with Gasteiger partial charge in [0.2, 0.25) is 0 Å². The first kappa shape index (κ1) is 42.7. The normalized spacial score (nSPS) is 15.8. The van der Waals surface area contributed by atoms with Gasteiger partial charge in [0.1, 0.15) is 23.0 Å². The lowest BCUT2D eigenvalue weighted by atomic mass is 9.29. The summed E-state index contributed by atoms with van der Waals surface area (Å²) in [5.74, 6) is 3.80. The minimum Gasteiger partial charge on any atom is -0.456 e. The second kappa shape index (κ2) is 12.5. The number of nitrogens with zero attached hydrogens (tertiary/aromatic N) is 2. The largest absolute Gasteiger partial charge is 0.456 e. The van der Waals surface area contributed by atoms with E-state index in [0.717, 1.165) is 28.5 Å². The molecule has 3 aliphatic heterocycles. The maximum absolute atomic E-state index is 7.69. The Morgan fingerprint density at radius 3 is 1.03 bits per heavy atom. The number of aromatic nitrogens is 2. The number of fused-ring (bicyclic) bond motifs is 14. The van der Waals surface area contributed by atoms with Crippen LogP contribution in [0.3, 0.4) is 0 Å². The van der Waals surface area contributed by atoms with Crippen LogP contribution >= 0.6 is 0 Å². The van der Waals surface area contributed by atoms with E-state index in [9.17, 15) is 0 Å². The van der Waals surface area contributed by atoms with Gasteiger partial charge in [0.15, 0.2) is 0 Å². The lowest BCUT2D eigenvalue weighted by molar-refractivity contribution is 0.458. The van der Waals surface area contributed by atoms with Crippen LogP contribution in [0.4, 0.5) is 0 Å². The third-order valence-electron chi connectivity index (χ3n) is 17.4. The molecular formula is C65H65BN2O2. The van der Waals surface area contributed by atoms with Gasteiger partial charge in [-0.05, 0) is 150 Å².